The number of methoxy groups -OCH3 is 1. The molecule has 0 bridgehead atoms. The number of fused-ring (bicyclic) bond motifs is 1. The molecule has 0 spiro atoms. The maximum absolute atomic E-state index is 12.3. The third kappa shape index (κ3) is 4.20. The Morgan fingerprint density at radius 3 is 3.07 bits per heavy atom. The largest absolute Gasteiger partial charge is 0.497 e. The number of aliphatic hydroxyl groups excluding tert-OH is 1. The van der Waals surface area contributed by atoms with Crippen molar-refractivity contribution >= 4 is 45.2 Å². The number of benzene rings is 1. The molecule has 1 saturated heterocycles. The van der Waals surface area contributed by atoms with Gasteiger partial charge in [0.05, 0.1) is 38.4 Å². The fourth-order valence-electron chi connectivity index (χ4n) is 3.27. The van der Waals surface area contributed by atoms with E-state index in [0.717, 1.165) is 0 Å². The van der Waals surface area contributed by atoms with Crippen molar-refractivity contribution in [1.29, 1.82) is 0 Å². The molecule has 0 aliphatic carbocycles. The Kier molecular flexibility index (Phi) is 5.79. The van der Waals surface area contributed by atoms with Crippen molar-refractivity contribution in [2.75, 3.05) is 49.3 Å². The normalized spacial score (nSPS) is 17.1. The summed E-state index contributed by atoms with van der Waals surface area (Å²) in [5, 5.41) is 14.1. The number of nitrogens with two attached hydrogens (primary N) is 1. The molecule has 3 heterocycles. The number of hydroxylamine groups is 2. The number of amides is 1. The Bertz CT molecular complexity index is 1050. The molecular weight excluding hydrogens is 410 g/mol. The number of aromatic nitrogens is 3. The topological polar surface area (TPSA) is 139 Å². The molecule has 1 aliphatic heterocycles. The van der Waals surface area contributed by atoms with E-state index >= 15 is 0 Å². The Morgan fingerprint density at radius 1 is 1.40 bits per heavy atom. The number of rotatable bonds is 5. The number of hydrogen-bond donors (Lipinski definition) is 3. The molecule has 1 aliphatic rings. The lowest BCUT2D eigenvalue weighted by Crippen LogP contribution is -2.55. The molecule has 12 heteroatoms. The second kappa shape index (κ2) is 8.65. The number of carbonyl (C=O) groups is 1. The first-order valence-corrected chi connectivity index (χ1v) is 10.1. The molecule has 158 valence electrons. The van der Waals surface area contributed by atoms with Crippen LogP contribution in [0.25, 0.3) is 10.3 Å². The predicted octanol–water partition coefficient (Wildman–Crippen LogP) is 1.32. The number of anilines is 3. The van der Waals surface area contributed by atoms with Crippen molar-refractivity contribution < 1.29 is 19.5 Å². The highest BCUT2D eigenvalue weighted by Gasteiger charge is 2.31. The number of nitrogens with one attached hydrogen (secondary N) is 1. The highest BCUT2D eigenvalue weighted by molar-refractivity contribution is 7.16. The molecular formula is C18H21N7O4S. The minimum absolute atomic E-state index is 0.148. The quantitative estimate of drug-likeness (QED) is 0.542. The van der Waals surface area contributed by atoms with Gasteiger partial charge >= 0.3 is 6.09 Å². The van der Waals surface area contributed by atoms with Crippen LogP contribution in [0.4, 0.5) is 22.2 Å². The van der Waals surface area contributed by atoms with Crippen molar-refractivity contribution in [2.24, 2.45) is 0 Å². The highest BCUT2D eigenvalue weighted by Crippen LogP contribution is 2.29. The molecule has 4 rings (SSSR count). The van der Waals surface area contributed by atoms with Gasteiger partial charge in [0, 0.05) is 18.3 Å². The van der Waals surface area contributed by atoms with Gasteiger partial charge in [0.1, 0.15) is 11.3 Å². The Balaban J connectivity index is 1.43. The molecule has 1 fully saturated rings. The van der Waals surface area contributed by atoms with Crippen LogP contribution in [0.1, 0.15) is 0 Å². The molecule has 30 heavy (non-hydrogen) atoms. The van der Waals surface area contributed by atoms with Gasteiger partial charge in [-0.05, 0) is 12.1 Å². The number of carbonyl (C=O) groups excluding carboxylic acids is 1. The number of ether oxygens (including phenoxy) is 1. The molecule has 1 aromatic carbocycles. The van der Waals surface area contributed by atoms with E-state index in [2.05, 4.69) is 20.3 Å². The molecule has 0 saturated carbocycles. The first-order chi connectivity index (χ1) is 14.6. The number of piperazine rings is 1. The summed E-state index contributed by atoms with van der Waals surface area (Å²) < 4.78 is 5.14. The van der Waals surface area contributed by atoms with Crippen molar-refractivity contribution in [3.63, 3.8) is 0 Å². The summed E-state index contributed by atoms with van der Waals surface area (Å²) in [7, 11) is 1.55. The number of nitrogens with zero attached hydrogens (tertiary/aromatic N) is 5. The molecule has 11 nitrogen and oxygen atoms in total. The van der Waals surface area contributed by atoms with Crippen LogP contribution in [0.3, 0.4) is 0 Å². The van der Waals surface area contributed by atoms with E-state index in [1.165, 1.54) is 16.4 Å². The van der Waals surface area contributed by atoms with E-state index < -0.39 is 6.09 Å². The highest BCUT2D eigenvalue weighted by atomic mass is 32.1. The second-order valence-electron chi connectivity index (χ2n) is 6.57. The molecule has 1 unspecified atom stereocenters. The van der Waals surface area contributed by atoms with Crippen LogP contribution in [0.2, 0.25) is 0 Å². The van der Waals surface area contributed by atoms with E-state index in [0.29, 0.717) is 40.7 Å². The van der Waals surface area contributed by atoms with Crippen molar-refractivity contribution in [3.8, 4) is 5.75 Å². The summed E-state index contributed by atoms with van der Waals surface area (Å²) in [5.41, 5.74) is 8.71. The Labute approximate surface area is 176 Å². The minimum Gasteiger partial charge on any atom is -0.497 e. The molecule has 3 aromatic rings. The van der Waals surface area contributed by atoms with Gasteiger partial charge in [0.25, 0.3) is 0 Å². The van der Waals surface area contributed by atoms with Crippen LogP contribution < -0.4 is 20.7 Å². The van der Waals surface area contributed by atoms with E-state index in [9.17, 15) is 9.90 Å². The average molecular weight is 431 g/mol. The lowest BCUT2D eigenvalue weighted by molar-refractivity contribution is -0.108. The SMILES string of the molecule is COc1cccc(NC(=O)ON2CCN(c3nc(N)nc4scnc34)C(CO)C2)c1. The molecule has 1 amide bonds. The first-order valence-electron chi connectivity index (χ1n) is 9.19. The predicted molar refractivity (Wildman–Crippen MR) is 113 cm³/mol. The monoisotopic (exact) mass is 431 g/mol. The van der Waals surface area contributed by atoms with Gasteiger partial charge < -0.3 is 25.3 Å². The first kappa shape index (κ1) is 20.1. The third-order valence-electron chi connectivity index (χ3n) is 4.65. The van der Waals surface area contributed by atoms with Gasteiger partial charge in [-0.2, -0.15) is 4.98 Å². The Hall–Kier alpha value is -3.22. The maximum Gasteiger partial charge on any atom is 0.430 e. The molecule has 1 atom stereocenters. The van der Waals surface area contributed by atoms with Crippen LogP contribution in [0, 0.1) is 0 Å². The van der Waals surface area contributed by atoms with Crippen LogP contribution in [-0.2, 0) is 4.84 Å². The smallest absolute Gasteiger partial charge is 0.430 e. The van der Waals surface area contributed by atoms with Crippen molar-refractivity contribution in [3.05, 3.63) is 29.8 Å². The summed E-state index contributed by atoms with van der Waals surface area (Å²) in [6, 6.07) is 6.61. The zero-order valence-corrected chi connectivity index (χ0v) is 17.0. The number of thiazole rings is 1. The van der Waals surface area contributed by atoms with Gasteiger partial charge in [0.2, 0.25) is 5.95 Å². The van der Waals surface area contributed by atoms with Crippen LogP contribution in [0.5, 0.6) is 5.75 Å². The van der Waals surface area contributed by atoms with Gasteiger partial charge in [-0.3, -0.25) is 5.32 Å². The molecule has 2 aromatic heterocycles. The van der Waals surface area contributed by atoms with Gasteiger partial charge in [-0.1, -0.05) is 6.07 Å². The maximum atomic E-state index is 12.3. The van der Waals surface area contributed by atoms with Gasteiger partial charge in [0.15, 0.2) is 10.6 Å². The van der Waals surface area contributed by atoms with E-state index in [1.54, 1.807) is 36.9 Å². The van der Waals surface area contributed by atoms with Gasteiger partial charge in [-0.25, -0.2) is 14.8 Å². The van der Waals surface area contributed by atoms with Crippen LogP contribution >= 0.6 is 11.3 Å². The standard InChI is InChI=1S/C18H21N7O4S/c1-28-13-4-2-3-11(7-13)21-18(27)29-24-5-6-25(12(8-24)9-26)15-14-16(30-10-20-14)23-17(19)22-15/h2-4,7,10,12,26H,5-6,8-9H2,1H3,(H,21,27)(H2,19,22,23). The number of aliphatic hydroxyl groups is 1. The average Bonchev–Trinajstić information content (AvgIpc) is 3.21. The minimum atomic E-state index is -0.624. The Morgan fingerprint density at radius 2 is 2.27 bits per heavy atom. The third-order valence-corrected chi connectivity index (χ3v) is 5.37. The van der Waals surface area contributed by atoms with E-state index in [-0.39, 0.29) is 25.1 Å². The molecule has 0 radical (unpaired) electrons. The fraction of sp³-hybridized carbons (Fsp3) is 0.333. The summed E-state index contributed by atoms with van der Waals surface area (Å²) in [6.07, 6.45) is -0.624. The van der Waals surface area contributed by atoms with Crippen molar-refractivity contribution in [1.82, 2.24) is 20.0 Å². The zero-order chi connectivity index (χ0) is 21.1. The number of hydrogen-bond acceptors (Lipinski definition) is 11. The summed E-state index contributed by atoms with van der Waals surface area (Å²) >= 11 is 1.37. The van der Waals surface area contributed by atoms with E-state index in [1.807, 2.05) is 4.90 Å². The lowest BCUT2D eigenvalue weighted by atomic mass is 10.2. The fourth-order valence-corrected chi connectivity index (χ4v) is 3.93. The van der Waals surface area contributed by atoms with Crippen molar-refractivity contribution in [2.45, 2.75) is 6.04 Å². The zero-order valence-electron chi connectivity index (χ0n) is 16.2. The summed E-state index contributed by atoms with van der Waals surface area (Å²) in [5.74, 6) is 1.34. The summed E-state index contributed by atoms with van der Waals surface area (Å²) in [6.45, 7) is 1.00. The summed E-state index contributed by atoms with van der Waals surface area (Å²) in [4.78, 5) is 33.1. The van der Waals surface area contributed by atoms with Crippen LogP contribution in [-0.4, -0.2) is 70.6 Å². The lowest BCUT2D eigenvalue weighted by Gasteiger charge is -2.39. The van der Waals surface area contributed by atoms with Gasteiger partial charge in [-0.15, -0.1) is 16.4 Å². The second-order valence-corrected chi connectivity index (χ2v) is 7.40. The molecule has 4 N–H and O–H groups in total. The van der Waals surface area contributed by atoms with E-state index in [4.69, 9.17) is 15.3 Å². The van der Waals surface area contributed by atoms with Crippen LogP contribution in [0.15, 0.2) is 29.8 Å². The number of nitrogen functional groups attached to an aromatic ring is 1.